The lowest BCUT2D eigenvalue weighted by Crippen LogP contribution is -2.30. The van der Waals surface area contributed by atoms with Crippen LogP contribution in [0.1, 0.15) is 122 Å². The highest BCUT2D eigenvalue weighted by molar-refractivity contribution is 5.66. The van der Waals surface area contributed by atoms with Crippen molar-refractivity contribution in [3.8, 4) is 34.0 Å². The van der Waals surface area contributed by atoms with Gasteiger partial charge in [0.1, 0.15) is 22.9 Å². The maximum absolute atomic E-state index is 15.6. The molecule has 0 saturated heterocycles. The smallest absolute Gasteiger partial charge is 0.315 e. The molecule has 4 nitrogen and oxygen atoms in total. The van der Waals surface area contributed by atoms with Gasteiger partial charge in [0.25, 0.3) is 0 Å². The lowest BCUT2D eigenvalue weighted by Gasteiger charge is -2.18. The molecule has 2 heterocycles. The highest BCUT2D eigenvalue weighted by Crippen LogP contribution is 2.50. The van der Waals surface area contributed by atoms with Crippen LogP contribution in [-0.2, 0) is 5.92 Å². The number of alkyl halides is 2. The molecule has 1 aliphatic heterocycles. The van der Waals surface area contributed by atoms with Crippen LogP contribution < -0.4 is 9.47 Å². The number of halogens is 3. The molecule has 5 rings (SSSR count). The average molecular weight is 623 g/mol. The van der Waals surface area contributed by atoms with E-state index in [1.54, 1.807) is 12.4 Å². The summed E-state index contributed by atoms with van der Waals surface area (Å²) in [7, 11) is 0. The Bertz CT molecular complexity index is 1330. The Morgan fingerprint density at radius 3 is 2.04 bits per heavy atom. The summed E-state index contributed by atoms with van der Waals surface area (Å²) in [6.45, 7) is 2.91. The van der Waals surface area contributed by atoms with Crippen molar-refractivity contribution in [2.45, 2.75) is 128 Å². The van der Waals surface area contributed by atoms with E-state index in [4.69, 9.17) is 9.47 Å². The van der Waals surface area contributed by atoms with Crippen molar-refractivity contribution in [3.05, 3.63) is 60.2 Å². The Balaban J connectivity index is 1.10. The molecule has 45 heavy (non-hydrogen) atoms. The second-order valence-electron chi connectivity index (χ2n) is 13.0. The van der Waals surface area contributed by atoms with Gasteiger partial charge in [-0.3, -0.25) is 0 Å². The summed E-state index contributed by atoms with van der Waals surface area (Å²) < 4.78 is 57.8. The van der Waals surface area contributed by atoms with Crippen molar-refractivity contribution >= 4 is 0 Å². The lowest BCUT2D eigenvalue weighted by atomic mass is 9.97. The Kier molecular flexibility index (Phi) is 12.2. The Morgan fingerprint density at radius 1 is 0.756 bits per heavy atom. The molecule has 0 N–H and O–H groups in total. The van der Waals surface area contributed by atoms with Crippen molar-refractivity contribution in [1.29, 1.82) is 0 Å². The van der Waals surface area contributed by atoms with Crippen LogP contribution in [0.2, 0.25) is 0 Å². The molecular weight excluding hydrogens is 573 g/mol. The number of fused-ring (bicyclic) bond motifs is 1. The van der Waals surface area contributed by atoms with Crippen molar-refractivity contribution < 1.29 is 22.6 Å². The largest absolute Gasteiger partial charge is 0.494 e. The highest BCUT2D eigenvalue weighted by atomic mass is 19.3. The topological polar surface area (TPSA) is 44.2 Å². The average Bonchev–Trinajstić information content (AvgIpc) is 3.83. The molecule has 1 atom stereocenters. The van der Waals surface area contributed by atoms with Gasteiger partial charge in [-0.2, -0.15) is 8.78 Å². The van der Waals surface area contributed by atoms with Gasteiger partial charge in [-0.15, -0.1) is 0 Å². The van der Waals surface area contributed by atoms with E-state index in [1.807, 2.05) is 24.3 Å². The quantitative estimate of drug-likeness (QED) is 0.118. The van der Waals surface area contributed by atoms with Crippen molar-refractivity contribution in [1.82, 2.24) is 9.97 Å². The van der Waals surface area contributed by atoms with Gasteiger partial charge in [-0.25, -0.2) is 14.4 Å². The first-order valence-electron chi connectivity index (χ1n) is 17.4. The summed E-state index contributed by atoms with van der Waals surface area (Å²) >= 11 is 0. The minimum atomic E-state index is -3.41. The van der Waals surface area contributed by atoms with E-state index in [9.17, 15) is 0 Å². The third kappa shape index (κ3) is 9.23. The minimum Gasteiger partial charge on any atom is -0.494 e. The number of benzene rings is 2. The Labute approximate surface area is 267 Å². The molecule has 1 aliphatic carbocycles. The van der Waals surface area contributed by atoms with E-state index >= 15 is 13.2 Å². The van der Waals surface area contributed by atoms with Crippen LogP contribution in [0.25, 0.3) is 22.5 Å². The first kappa shape index (κ1) is 33.3. The number of unbranched alkanes of at least 4 members (excludes halogenated alkanes) is 11. The molecule has 0 bridgehead atoms. The first-order chi connectivity index (χ1) is 22.0. The molecule has 2 aliphatic rings. The van der Waals surface area contributed by atoms with Crippen LogP contribution in [0, 0.1) is 11.7 Å². The van der Waals surface area contributed by atoms with Crippen LogP contribution in [-0.4, -0.2) is 22.7 Å². The second-order valence-corrected chi connectivity index (χ2v) is 13.0. The molecule has 1 fully saturated rings. The van der Waals surface area contributed by atoms with Gasteiger partial charge in [0.15, 0.2) is 11.9 Å². The lowest BCUT2D eigenvalue weighted by molar-refractivity contribution is -0.0811. The summed E-state index contributed by atoms with van der Waals surface area (Å²) in [6.07, 6.45) is 21.0. The van der Waals surface area contributed by atoms with Gasteiger partial charge in [0.05, 0.1) is 12.2 Å². The second kappa shape index (κ2) is 16.5. The fraction of sp³-hybridized carbons (Fsp3) is 0.579. The van der Waals surface area contributed by atoms with Gasteiger partial charge in [-0.1, -0.05) is 109 Å². The number of aromatic nitrogens is 2. The Morgan fingerprint density at radius 2 is 1.38 bits per heavy atom. The third-order valence-corrected chi connectivity index (χ3v) is 9.23. The molecule has 3 aromatic rings. The van der Waals surface area contributed by atoms with Crippen molar-refractivity contribution in [2.24, 2.45) is 5.92 Å². The number of rotatable bonds is 20. The van der Waals surface area contributed by atoms with Gasteiger partial charge in [-0.05, 0) is 55.0 Å². The Hall–Kier alpha value is -3.09. The fourth-order valence-electron chi connectivity index (χ4n) is 6.25. The van der Waals surface area contributed by atoms with Crippen LogP contribution in [0.4, 0.5) is 13.2 Å². The van der Waals surface area contributed by atoms with E-state index in [2.05, 4.69) is 16.9 Å². The standard InChI is InChI=1S/C38H49F3N2O2/c1-2-3-4-5-11-14-25-44-31-21-19-29(20-22-31)30-26-42-37(43-27-30)32-23-24-33-35(36(32)39)38(40,41)34(45-33)16-13-10-8-6-7-9-12-15-28-17-18-28/h19-24,26-28,34H,2-18,25H2,1H3. The molecule has 2 aromatic carbocycles. The summed E-state index contributed by atoms with van der Waals surface area (Å²) in [4.78, 5) is 8.66. The van der Waals surface area contributed by atoms with E-state index in [-0.39, 0.29) is 23.6 Å². The zero-order chi connectivity index (χ0) is 31.5. The van der Waals surface area contributed by atoms with E-state index in [1.165, 1.54) is 82.8 Å². The third-order valence-electron chi connectivity index (χ3n) is 9.23. The summed E-state index contributed by atoms with van der Waals surface area (Å²) in [6, 6.07) is 10.5. The predicted molar refractivity (Wildman–Crippen MR) is 174 cm³/mol. The maximum Gasteiger partial charge on any atom is 0.315 e. The molecule has 1 saturated carbocycles. The predicted octanol–water partition coefficient (Wildman–Crippen LogP) is 11.5. The summed E-state index contributed by atoms with van der Waals surface area (Å²) in [5, 5.41) is 0. The molecule has 0 spiro atoms. The van der Waals surface area contributed by atoms with Crippen LogP contribution in [0.3, 0.4) is 0 Å². The maximum atomic E-state index is 15.6. The van der Waals surface area contributed by atoms with Crippen LogP contribution in [0.5, 0.6) is 11.5 Å². The van der Waals surface area contributed by atoms with Crippen LogP contribution >= 0.6 is 0 Å². The monoisotopic (exact) mass is 622 g/mol. The molecule has 244 valence electrons. The molecule has 0 amide bonds. The van der Waals surface area contributed by atoms with Crippen molar-refractivity contribution in [3.63, 3.8) is 0 Å². The van der Waals surface area contributed by atoms with Gasteiger partial charge in [0, 0.05) is 18.0 Å². The van der Waals surface area contributed by atoms with Gasteiger partial charge < -0.3 is 9.47 Å². The molecule has 7 heteroatoms. The summed E-state index contributed by atoms with van der Waals surface area (Å²) in [5.41, 5.74) is 0.906. The first-order valence-corrected chi connectivity index (χ1v) is 17.4. The van der Waals surface area contributed by atoms with Gasteiger partial charge >= 0.3 is 5.92 Å². The van der Waals surface area contributed by atoms with Gasteiger partial charge in [0.2, 0.25) is 0 Å². The number of nitrogens with zero attached hydrogens (tertiary/aromatic N) is 2. The molecule has 1 unspecified atom stereocenters. The van der Waals surface area contributed by atoms with Crippen LogP contribution in [0.15, 0.2) is 48.8 Å². The fourth-order valence-corrected chi connectivity index (χ4v) is 6.25. The van der Waals surface area contributed by atoms with E-state index in [0.29, 0.717) is 13.0 Å². The zero-order valence-corrected chi connectivity index (χ0v) is 26.8. The van der Waals surface area contributed by atoms with E-state index < -0.39 is 23.4 Å². The molecule has 1 aromatic heterocycles. The minimum absolute atomic E-state index is 0.0515. The van der Waals surface area contributed by atoms with E-state index in [0.717, 1.165) is 48.5 Å². The molecule has 0 radical (unpaired) electrons. The number of ether oxygens (including phenoxy) is 2. The van der Waals surface area contributed by atoms with Crippen molar-refractivity contribution in [2.75, 3.05) is 6.61 Å². The highest BCUT2D eigenvalue weighted by Gasteiger charge is 2.53. The molecular formula is C38H49F3N2O2. The number of hydrogen-bond donors (Lipinski definition) is 0. The zero-order valence-electron chi connectivity index (χ0n) is 26.8. The SMILES string of the molecule is CCCCCCCCOc1ccc(-c2cnc(-c3ccc4c(c3F)C(F)(F)C(CCCCCCCCCC3CC3)O4)nc2)cc1. The normalized spacial score (nSPS) is 16.8. The summed E-state index contributed by atoms with van der Waals surface area (Å²) in [5.74, 6) is -2.64. The number of hydrogen-bond acceptors (Lipinski definition) is 4.